The van der Waals surface area contributed by atoms with Gasteiger partial charge in [-0.2, -0.15) is 10.4 Å². The van der Waals surface area contributed by atoms with E-state index >= 15 is 0 Å². The predicted octanol–water partition coefficient (Wildman–Crippen LogP) is 2.74. The summed E-state index contributed by atoms with van der Waals surface area (Å²) in [6.45, 7) is 4.02. The van der Waals surface area contributed by atoms with Crippen LogP contribution in [0.3, 0.4) is 0 Å². The molecule has 6 nitrogen and oxygen atoms in total. The zero-order chi connectivity index (χ0) is 17.3. The molecule has 2 aromatic rings. The number of aryl methyl sites for hydroxylation is 1. The van der Waals surface area contributed by atoms with E-state index in [9.17, 15) is 10.1 Å². The van der Waals surface area contributed by atoms with Crippen molar-refractivity contribution in [3.05, 3.63) is 40.6 Å². The number of carbonyl (C=O) groups is 1. The van der Waals surface area contributed by atoms with E-state index in [1.54, 1.807) is 11.9 Å². The number of hydrogen-bond acceptors (Lipinski definition) is 5. The SMILES string of the molecule is CCc1nnc(Nc2ccc3c(c2)CC(=O)N3C)c(C#N)c1CC. The Bertz CT molecular complexity index is 853. The number of amides is 1. The molecule has 1 aliphatic heterocycles. The molecule has 1 aromatic heterocycles. The van der Waals surface area contributed by atoms with E-state index in [1.807, 2.05) is 32.0 Å². The summed E-state index contributed by atoms with van der Waals surface area (Å²) in [6.07, 6.45) is 1.88. The maximum Gasteiger partial charge on any atom is 0.231 e. The van der Waals surface area contributed by atoms with Crippen molar-refractivity contribution in [3.8, 4) is 6.07 Å². The highest BCUT2D eigenvalue weighted by molar-refractivity contribution is 6.01. The third-order valence-corrected chi connectivity index (χ3v) is 4.38. The Hall–Kier alpha value is -2.94. The minimum atomic E-state index is 0.0835. The van der Waals surface area contributed by atoms with Gasteiger partial charge in [0.2, 0.25) is 5.91 Å². The third-order valence-electron chi connectivity index (χ3n) is 4.38. The summed E-state index contributed by atoms with van der Waals surface area (Å²) < 4.78 is 0. The lowest BCUT2D eigenvalue weighted by Crippen LogP contribution is -2.20. The Balaban J connectivity index is 1.97. The Morgan fingerprint density at radius 1 is 1.29 bits per heavy atom. The number of carbonyl (C=O) groups excluding carboxylic acids is 1. The molecule has 0 saturated heterocycles. The molecule has 1 aromatic carbocycles. The Morgan fingerprint density at radius 2 is 2.08 bits per heavy atom. The standard InChI is InChI=1S/C18H19N5O/c1-4-13-14(10-19)18(22-21-15(13)5-2)20-12-6-7-16-11(8-12)9-17(24)23(16)3/h6-8H,4-5,9H2,1-3H3,(H,20,22). The number of nitriles is 1. The first kappa shape index (κ1) is 15.9. The van der Waals surface area contributed by atoms with Gasteiger partial charge in [-0.05, 0) is 42.2 Å². The zero-order valence-electron chi connectivity index (χ0n) is 14.1. The molecule has 0 radical (unpaired) electrons. The van der Waals surface area contributed by atoms with Crippen LogP contribution in [0.1, 0.15) is 36.2 Å². The van der Waals surface area contributed by atoms with Gasteiger partial charge in [-0.1, -0.05) is 13.8 Å². The lowest BCUT2D eigenvalue weighted by atomic mass is 10.0. The monoisotopic (exact) mass is 321 g/mol. The quantitative estimate of drug-likeness (QED) is 0.936. The highest BCUT2D eigenvalue weighted by atomic mass is 16.2. The van der Waals surface area contributed by atoms with Crippen molar-refractivity contribution in [3.63, 3.8) is 0 Å². The van der Waals surface area contributed by atoms with Crippen LogP contribution < -0.4 is 10.2 Å². The van der Waals surface area contributed by atoms with Crippen molar-refractivity contribution in [1.82, 2.24) is 10.2 Å². The smallest absolute Gasteiger partial charge is 0.231 e. The maximum absolute atomic E-state index is 11.8. The second-order valence-corrected chi connectivity index (χ2v) is 5.77. The summed E-state index contributed by atoms with van der Waals surface area (Å²) in [5, 5.41) is 21.2. The van der Waals surface area contributed by atoms with Crippen LogP contribution in [-0.4, -0.2) is 23.2 Å². The van der Waals surface area contributed by atoms with Crippen molar-refractivity contribution in [1.29, 1.82) is 5.26 Å². The van der Waals surface area contributed by atoms with Gasteiger partial charge >= 0.3 is 0 Å². The molecule has 2 heterocycles. The fourth-order valence-electron chi connectivity index (χ4n) is 3.07. The molecule has 3 rings (SSSR count). The molecule has 122 valence electrons. The first-order valence-corrected chi connectivity index (χ1v) is 8.04. The molecule has 0 atom stereocenters. The Morgan fingerprint density at radius 3 is 2.75 bits per heavy atom. The normalized spacial score (nSPS) is 12.9. The second-order valence-electron chi connectivity index (χ2n) is 5.77. The zero-order valence-corrected chi connectivity index (χ0v) is 14.1. The predicted molar refractivity (Wildman–Crippen MR) is 92.3 cm³/mol. The van der Waals surface area contributed by atoms with Crippen molar-refractivity contribution in [2.75, 3.05) is 17.3 Å². The molecule has 1 amide bonds. The number of rotatable bonds is 4. The van der Waals surface area contributed by atoms with Crippen LogP contribution in [-0.2, 0) is 24.1 Å². The summed E-state index contributed by atoms with van der Waals surface area (Å²) in [5.74, 6) is 0.546. The van der Waals surface area contributed by atoms with Crippen LogP contribution in [0.5, 0.6) is 0 Å². The molecule has 6 heteroatoms. The molecule has 0 bridgehead atoms. The number of benzene rings is 1. The summed E-state index contributed by atoms with van der Waals surface area (Å²) in [4.78, 5) is 13.5. The van der Waals surface area contributed by atoms with Gasteiger partial charge in [0, 0.05) is 18.4 Å². The van der Waals surface area contributed by atoms with Gasteiger partial charge in [0.15, 0.2) is 5.82 Å². The molecule has 24 heavy (non-hydrogen) atoms. The van der Waals surface area contributed by atoms with Gasteiger partial charge in [-0.15, -0.1) is 5.10 Å². The number of nitrogens with one attached hydrogen (secondary N) is 1. The molecule has 0 aliphatic carbocycles. The lowest BCUT2D eigenvalue weighted by molar-refractivity contribution is -0.117. The number of likely N-dealkylation sites (N-methyl/N-ethyl adjacent to an activating group) is 1. The van der Waals surface area contributed by atoms with Gasteiger partial charge < -0.3 is 10.2 Å². The Kier molecular flexibility index (Phi) is 4.17. The first-order chi connectivity index (χ1) is 11.6. The first-order valence-electron chi connectivity index (χ1n) is 8.04. The summed E-state index contributed by atoms with van der Waals surface area (Å²) in [5.41, 5.74) is 5.04. The summed E-state index contributed by atoms with van der Waals surface area (Å²) in [7, 11) is 1.78. The number of fused-ring (bicyclic) bond motifs is 1. The van der Waals surface area contributed by atoms with E-state index in [0.29, 0.717) is 17.8 Å². The third kappa shape index (κ3) is 2.58. The van der Waals surface area contributed by atoms with Crippen LogP contribution in [0.2, 0.25) is 0 Å². The van der Waals surface area contributed by atoms with Gasteiger partial charge in [-0.3, -0.25) is 4.79 Å². The largest absolute Gasteiger partial charge is 0.338 e. The van der Waals surface area contributed by atoms with E-state index in [2.05, 4.69) is 21.6 Å². The van der Waals surface area contributed by atoms with Crippen LogP contribution in [0, 0.1) is 11.3 Å². The highest BCUT2D eigenvalue weighted by Crippen LogP contribution is 2.31. The molecule has 0 fully saturated rings. The molecular formula is C18H19N5O. The second kappa shape index (κ2) is 6.28. The molecule has 1 N–H and O–H groups in total. The van der Waals surface area contributed by atoms with E-state index < -0.39 is 0 Å². The minimum Gasteiger partial charge on any atom is -0.338 e. The van der Waals surface area contributed by atoms with Crippen molar-refractivity contribution in [2.24, 2.45) is 0 Å². The topological polar surface area (TPSA) is 81.9 Å². The fourth-order valence-corrected chi connectivity index (χ4v) is 3.07. The van der Waals surface area contributed by atoms with Gasteiger partial charge in [0.1, 0.15) is 11.6 Å². The molecule has 0 spiro atoms. The van der Waals surface area contributed by atoms with Crippen LogP contribution >= 0.6 is 0 Å². The highest BCUT2D eigenvalue weighted by Gasteiger charge is 2.24. The maximum atomic E-state index is 11.8. The summed E-state index contributed by atoms with van der Waals surface area (Å²) >= 11 is 0. The van der Waals surface area contributed by atoms with E-state index in [0.717, 1.165) is 41.0 Å². The molecule has 0 saturated carbocycles. The molecule has 1 aliphatic rings. The molecular weight excluding hydrogens is 302 g/mol. The van der Waals surface area contributed by atoms with Crippen molar-refractivity contribution >= 4 is 23.1 Å². The average Bonchev–Trinajstić information content (AvgIpc) is 2.88. The fraction of sp³-hybridized carbons (Fsp3) is 0.333. The molecule has 0 unspecified atom stereocenters. The van der Waals surface area contributed by atoms with Crippen LogP contribution in [0.25, 0.3) is 0 Å². The van der Waals surface area contributed by atoms with E-state index in [-0.39, 0.29) is 5.91 Å². The number of nitrogens with zero attached hydrogens (tertiary/aromatic N) is 4. The van der Waals surface area contributed by atoms with Crippen LogP contribution in [0.4, 0.5) is 17.2 Å². The van der Waals surface area contributed by atoms with E-state index in [1.165, 1.54) is 0 Å². The average molecular weight is 321 g/mol. The number of hydrogen-bond donors (Lipinski definition) is 1. The number of anilines is 3. The number of aromatic nitrogens is 2. The van der Waals surface area contributed by atoms with Gasteiger partial charge in [0.05, 0.1) is 12.1 Å². The van der Waals surface area contributed by atoms with E-state index in [4.69, 9.17) is 0 Å². The Labute approximate surface area is 141 Å². The van der Waals surface area contributed by atoms with Crippen LogP contribution in [0.15, 0.2) is 18.2 Å². The van der Waals surface area contributed by atoms with Gasteiger partial charge in [0.25, 0.3) is 0 Å². The van der Waals surface area contributed by atoms with Gasteiger partial charge in [-0.25, -0.2) is 0 Å². The van der Waals surface area contributed by atoms with Crippen molar-refractivity contribution in [2.45, 2.75) is 33.1 Å². The lowest BCUT2D eigenvalue weighted by Gasteiger charge is -2.13. The van der Waals surface area contributed by atoms with Crippen molar-refractivity contribution < 1.29 is 4.79 Å². The summed E-state index contributed by atoms with van der Waals surface area (Å²) in [6, 6.07) is 7.97. The minimum absolute atomic E-state index is 0.0835.